The molecule has 0 heterocycles. The summed E-state index contributed by atoms with van der Waals surface area (Å²) >= 11 is 0. The van der Waals surface area contributed by atoms with Gasteiger partial charge in [0.25, 0.3) is 0 Å². The van der Waals surface area contributed by atoms with Crippen molar-refractivity contribution in [2.45, 2.75) is 270 Å². The van der Waals surface area contributed by atoms with Gasteiger partial charge in [0.05, 0.1) is 18.8 Å². The van der Waals surface area contributed by atoms with Crippen LogP contribution < -0.4 is 5.32 Å². The summed E-state index contributed by atoms with van der Waals surface area (Å²) in [6, 6.07) is -0.798. The first kappa shape index (κ1) is 51.8. The van der Waals surface area contributed by atoms with Gasteiger partial charge in [-0.1, -0.05) is 231 Å². The number of aliphatic hydroxyl groups excluding tert-OH is 3. The van der Waals surface area contributed by atoms with E-state index in [-0.39, 0.29) is 6.61 Å². The zero-order valence-electron chi connectivity index (χ0n) is 35.7. The summed E-state index contributed by atoms with van der Waals surface area (Å²) in [4.78, 5) is 12.5. The Labute approximate surface area is 331 Å². The molecule has 0 aliphatic rings. The van der Waals surface area contributed by atoms with Crippen LogP contribution in [0.4, 0.5) is 0 Å². The molecule has 0 bridgehead atoms. The van der Waals surface area contributed by atoms with Gasteiger partial charge in [0.1, 0.15) is 6.10 Å². The van der Waals surface area contributed by atoms with Crippen LogP contribution in [0.3, 0.4) is 0 Å². The molecule has 0 spiro atoms. The summed E-state index contributed by atoms with van der Waals surface area (Å²) in [5, 5.41) is 33.2. The third kappa shape index (κ3) is 38.9. The van der Waals surface area contributed by atoms with E-state index < -0.39 is 24.2 Å². The van der Waals surface area contributed by atoms with Crippen molar-refractivity contribution in [2.24, 2.45) is 0 Å². The highest BCUT2D eigenvalue weighted by atomic mass is 16.3. The third-order valence-corrected chi connectivity index (χ3v) is 11.0. The fourth-order valence-electron chi connectivity index (χ4n) is 7.30. The Hall–Kier alpha value is -1.17. The lowest BCUT2D eigenvalue weighted by Gasteiger charge is -2.21. The second kappa shape index (κ2) is 43.6. The van der Waals surface area contributed by atoms with Gasteiger partial charge in [0, 0.05) is 0 Å². The maximum absolute atomic E-state index is 12.5. The summed E-state index contributed by atoms with van der Waals surface area (Å²) in [6.07, 6.45) is 53.6. The van der Waals surface area contributed by atoms with Crippen molar-refractivity contribution in [1.82, 2.24) is 5.32 Å². The van der Waals surface area contributed by atoms with E-state index in [1.807, 2.05) is 6.08 Å². The third-order valence-electron chi connectivity index (χ3n) is 11.0. The van der Waals surface area contributed by atoms with E-state index in [1.54, 1.807) is 6.08 Å². The van der Waals surface area contributed by atoms with Crippen molar-refractivity contribution in [2.75, 3.05) is 6.61 Å². The van der Waals surface area contributed by atoms with Gasteiger partial charge in [-0.15, -0.1) is 0 Å². The number of rotatable bonds is 43. The molecule has 0 rings (SSSR count). The molecule has 4 N–H and O–H groups in total. The first-order chi connectivity index (χ1) is 26.1. The van der Waals surface area contributed by atoms with Crippen LogP contribution in [-0.2, 0) is 4.79 Å². The maximum Gasteiger partial charge on any atom is 0.249 e. The number of amides is 1. The Bertz CT molecular complexity index is 784. The van der Waals surface area contributed by atoms with Crippen LogP contribution in [0.25, 0.3) is 0 Å². The van der Waals surface area contributed by atoms with Crippen molar-refractivity contribution >= 4 is 5.91 Å². The average molecular weight is 748 g/mol. The lowest BCUT2D eigenvalue weighted by Crippen LogP contribution is -2.48. The van der Waals surface area contributed by atoms with E-state index in [0.29, 0.717) is 6.42 Å². The molecule has 0 saturated heterocycles. The Morgan fingerprint density at radius 2 is 0.755 bits per heavy atom. The predicted octanol–water partition coefficient (Wildman–Crippen LogP) is 13.8. The van der Waals surface area contributed by atoms with Crippen molar-refractivity contribution in [3.05, 3.63) is 24.3 Å². The molecule has 5 nitrogen and oxygen atoms in total. The minimum atomic E-state index is -1.10. The molecular formula is C48H93NO4. The van der Waals surface area contributed by atoms with Gasteiger partial charge >= 0.3 is 0 Å². The summed E-state index contributed by atoms with van der Waals surface area (Å²) in [5.41, 5.74) is 0. The summed E-state index contributed by atoms with van der Waals surface area (Å²) in [7, 11) is 0. The van der Waals surface area contributed by atoms with Crippen LogP contribution in [0.15, 0.2) is 24.3 Å². The van der Waals surface area contributed by atoms with E-state index in [9.17, 15) is 20.1 Å². The zero-order valence-corrected chi connectivity index (χ0v) is 35.7. The average Bonchev–Trinajstić information content (AvgIpc) is 3.16. The molecular weight excluding hydrogens is 655 g/mol. The highest BCUT2D eigenvalue weighted by molar-refractivity contribution is 5.80. The molecule has 1 amide bonds. The van der Waals surface area contributed by atoms with Crippen molar-refractivity contribution in [1.29, 1.82) is 0 Å². The molecule has 314 valence electrons. The molecule has 0 saturated carbocycles. The van der Waals surface area contributed by atoms with E-state index in [4.69, 9.17) is 0 Å². The van der Waals surface area contributed by atoms with Gasteiger partial charge in [0.15, 0.2) is 0 Å². The molecule has 5 heteroatoms. The number of hydrogen-bond acceptors (Lipinski definition) is 4. The van der Waals surface area contributed by atoms with Crippen molar-refractivity contribution in [3.63, 3.8) is 0 Å². The fraction of sp³-hybridized carbons (Fsp3) is 0.896. The SMILES string of the molecule is CCCCCCCCCCCCC/C=C\CCCCCCCCC(O)C(=O)NC(CO)C(O)/C=C/CCCCCCCCCCCCCCCCCC. The Morgan fingerprint density at radius 1 is 0.453 bits per heavy atom. The second-order valence-corrected chi connectivity index (χ2v) is 16.3. The molecule has 0 fully saturated rings. The highest BCUT2D eigenvalue weighted by Crippen LogP contribution is 2.16. The largest absolute Gasteiger partial charge is 0.394 e. The van der Waals surface area contributed by atoms with Crippen LogP contribution >= 0.6 is 0 Å². The molecule has 0 aromatic carbocycles. The van der Waals surface area contributed by atoms with Gasteiger partial charge in [-0.05, 0) is 44.9 Å². The number of aliphatic hydroxyl groups is 3. The van der Waals surface area contributed by atoms with Crippen molar-refractivity contribution < 1.29 is 20.1 Å². The number of hydrogen-bond donors (Lipinski definition) is 4. The van der Waals surface area contributed by atoms with E-state index in [2.05, 4.69) is 31.3 Å². The maximum atomic E-state index is 12.5. The summed E-state index contributed by atoms with van der Waals surface area (Å²) < 4.78 is 0. The smallest absolute Gasteiger partial charge is 0.249 e. The lowest BCUT2D eigenvalue weighted by atomic mass is 10.0. The standard InChI is InChI=1S/C48H93NO4/c1-3-5-7-9-11-13-15-17-19-21-23-24-25-27-29-31-33-35-37-39-41-43-47(52)48(53)49-45(44-50)46(51)42-40-38-36-34-32-30-28-26-22-20-18-16-14-12-10-8-6-4-2/h25,27,40,42,45-47,50-52H,3-24,26,28-39,41,43-44H2,1-2H3,(H,49,53)/b27-25-,42-40+. The minimum Gasteiger partial charge on any atom is -0.394 e. The number of carbonyl (C=O) groups excluding carboxylic acids is 1. The van der Waals surface area contributed by atoms with Crippen LogP contribution in [0.2, 0.25) is 0 Å². The number of unbranched alkanes of at least 4 members (excludes halogenated alkanes) is 33. The molecule has 0 aromatic rings. The van der Waals surface area contributed by atoms with Gasteiger partial charge in [-0.2, -0.15) is 0 Å². The van der Waals surface area contributed by atoms with Crippen molar-refractivity contribution in [3.8, 4) is 0 Å². The van der Waals surface area contributed by atoms with E-state index >= 15 is 0 Å². The summed E-state index contributed by atoms with van der Waals surface area (Å²) in [6.45, 7) is 4.20. The predicted molar refractivity (Wildman–Crippen MR) is 231 cm³/mol. The van der Waals surface area contributed by atoms with Gasteiger partial charge in [-0.25, -0.2) is 0 Å². The first-order valence-corrected chi connectivity index (χ1v) is 23.7. The quantitative estimate of drug-likeness (QED) is 0.0369. The second-order valence-electron chi connectivity index (χ2n) is 16.3. The van der Waals surface area contributed by atoms with Gasteiger partial charge < -0.3 is 20.6 Å². The summed E-state index contributed by atoms with van der Waals surface area (Å²) in [5.74, 6) is -0.505. The van der Waals surface area contributed by atoms with Gasteiger partial charge in [0.2, 0.25) is 5.91 Å². The monoisotopic (exact) mass is 748 g/mol. The van der Waals surface area contributed by atoms with Crippen LogP contribution in [0.5, 0.6) is 0 Å². The van der Waals surface area contributed by atoms with Crippen LogP contribution in [-0.4, -0.2) is 46.1 Å². The normalized spacial score (nSPS) is 13.7. The Morgan fingerprint density at radius 3 is 1.09 bits per heavy atom. The topological polar surface area (TPSA) is 89.8 Å². The van der Waals surface area contributed by atoms with Crippen LogP contribution in [0.1, 0.15) is 251 Å². The molecule has 0 aromatic heterocycles. The highest BCUT2D eigenvalue weighted by Gasteiger charge is 2.22. The Kier molecular flexibility index (Phi) is 42.6. The Balaban J connectivity index is 3.65. The minimum absolute atomic E-state index is 0.364. The molecule has 3 atom stereocenters. The fourth-order valence-corrected chi connectivity index (χ4v) is 7.30. The molecule has 0 aliphatic carbocycles. The van der Waals surface area contributed by atoms with E-state index in [1.165, 1.54) is 199 Å². The lowest BCUT2D eigenvalue weighted by molar-refractivity contribution is -0.131. The number of carbonyl (C=O) groups is 1. The van der Waals surface area contributed by atoms with Gasteiger partial charge in [-0.3, -0.25) is 4.79 Å². The number of allylic oxidation sites excluding steroid dienone is 3. The molecule has 53 heavy (non-hydrogen) atoms. The van der Waals surface area contributed by atoms with E-state index in [0.717, 1.165) is 32.1 Å². The molecule has 3 unspecified atom stereocenters. The first-order valence-electron chi connectivity index (χ1n) is 23.7. The van der Waals surface area contributed by atoms with Crippen LogP contribution in [0, 0.1) is 0 Å². The zero-order chi connectivity index (χ0) is 38.7. The number of nitrogens with one attached hydrogen (secondary N) is 1. The molecule has 0 aliphatic heterocycles. The molecule has 0 radical (unpaired) electrons.